The summed E-state index contributed by atoms with van der Waals surface area (Å²) in [7, 11) is 0. The van der Waals surface area contributed by atoms with Crippen LogP contribution in [0.2, 0.25) is 0 Å². The number of aromatic nitrogens is 4. The molecule has 21 heavy (non-hydrogen) atoms. The van der Waals surface area contributed by atoms with Crippen LogP contribution in [0.25, 0.3) is 23.0 Å². The monoisotopic (exact) mass is 302 g/mol. The number of carbonyl (C=O) groups is 1. The number of carboxylic acid groups (broad SMARTS) is 1. The van der Waals surface area contributed by atoms with Crippen molar-refractivity contribution in [2.45, 2.75) is 13.8 Å². The lowest BCUT2D eigenvalue weighted by Gasteiger charge is -2.08. The summed E-state index contributed by atoms with van der Waals surface area (Å²) in [6, 6.07) is 3.58. The third kappa shape index (κ3) is 2.29. The summed E-state index contributed by atoms with van der Waals surface area (Å²) in [5.74, 6) is -0.645. The van der Waals surface area contributed by atoms with Crippen molar-refractivity contribution in [1.29, 1.82) is 0 Å². The van der Waals surface area contributed by atoms with E-state index in [1.54, 1.807) is 25.3 Å². The molecule has 2 aromatic heterocycles. The molecule has 0 aliphatic rings. The second-order valence-corrected chi connectivity index (χ2v) is 5.07. The van der Waals surface area contributed by atoms with Gasteiger partial charge >= 0.3 is 5.97 Å². The van der Waals surface area contributed by atoms with Crippen molar-refractivity contribution < 1.29 is 14.3 Å². The van der Waals surface area contributed by atoms with Crippen LogP contribution in [0, 0.1) is 13.8 Å². The molecule has 0 spiro atoms. The van der Waals surface area contributed by atoms with Crippen molar-refractivity contribution >= 4 is 17.5 Å². The first-order valence-corrected chi connectivity index (χ1v) is 6.86. The van der Waals surface area contributed by atoms with Crippen LogP contribution in [0.4, 0.5) is 0 Å². The summed E-state index contributed by atoms with van der Waals surface area (Å²) in [4.78, 5) is 11.5. The third-order valence-electron chi connectivity index (χ3n) is 3.05. The van der Waals surface area contributed by atoms with Crippen molar-refractivity contribution in [2.75, 3.05) is 0 Å². The highest BCUT2D eigenvalue weighted by atomic mass is 32.1. The highest BCUT2D eigenvalue weighted by molar-refractivity contribution is 7.03. The van der Waals surface area contributed by atoms with E-state index in [4.69, 9.17) is 4.42 Å². The van der Waals surface area contributed by atoms with Gasteiger partial charge in [-0.1, -0.05) is 16.6 Å². The smallest absolute Gasteiger partial charge is 0.336 e. The Labute approximate surface area is 123 Å². The Kier molecular flexibility index (Phi) is 3.22. The first-order valence-electron chi connectivity index (χ1n) is 6.02. The molecule has 1 aromatic carbocycles. The fraction of sp³-hybridized carbons (Fsp3) is 0.154. The molecule has 0 radical (unpaired) electrons. The van der Waals surface area contributed by atoms with Gasteiger partial charge in [0, 0.05) is 5.38 Å². The summed E-state index contributed by atoms with van der Waals surface area (Å²) in [6.07, 6.45) is 0. The molecule has 0 saturated heterocycles. The van der Waals surface area contributed by atoms with E-state index in [0.717, 1.165) is 5.56 Å². The van der Waals surface area contributed by atoms with Crippen LogP contribution in [0.1, 0.15) is 21.5 Å². The van der Waals surface area contributed by atoms with Gasteiger partial charge in [0.05, 0.1) is 11.1 Å². The second kappa shape index (κ2) is 5.06. The van der Waals surface area contributed by atoms with E-state index in [1.165, 1.54) is 11.5 Å². The molecule has 8 heteroatoms. The van der Waals surface area contributed by atoms with Crippen LogP contribution in [0.5, 0.6) is 0 Å². The number of rotatable bonds is 3. The normalized spacial score (nSPS) is 10.8. The van der Waals surface area contributed by atoms with E-state index in [2.05, 4.69) is 19.8 Å². The van der Waals surface area contributed by atoms with Gasteiger partial charge in [-0.15, -0.1) is 15.3 Å². The van der Waals surface area contributed by atoms with Gasteiger partial charge in [0.1, 0.15) is 0 Å². The molecule has 0 fully saturated rings. The number of benzene rings is 1. The van der Waals surface area contributed by atoms with Crippen LogP contribution in [-0.2, 0) is 0 Å². The SMILES string of the molecule is Cc1ccc(C)c(-c2nnc(-c3csnn3)o2)c1C(=O)O. The zero-order valence-corrected chi connectivity index (χ0v) is 12.0. The average molecular weight is 302 g/mol. The largest absolute Gasteiger partial charge is 0.478 e. The molecule has 0 aliphatic heterocycles. The Morgan fingerprint density at radius 3 is 2.52 bits per heavy atom. The maximum atomic E-state index is 11.5. The Bertz CT molecular complexity index is 811. The van der Waals surface area contributed by atoms with Gasteiger partial charge in [-0.2, -0.15) is 0 Å². The minimum Gasteiger partial charge on any atom is -0.478 e. The number of hydrogen-bond donors (Lipinski definition) is 1. The zero-order chi connectivity index (χ0) is 15.0. The maximum absolute atomic E-state index is 11.5. The van der Waals surface area contributed by atoms with E-state index in [9.17, 15) is 9.90 Å². The molecule has 2 heterocycles. The zero-order valence-electron chi connectivity index (χ0n) is 11.2. The molecule has 0 unspecified atom stereocenters. The van der Waals surface area contributed by atoms with E-state index in [0.29, 0.717) is 16.8 Å². The minimum atomic E-state index is -1.03. The molecular formula is C13H10N4O3S. The second-order valence-electron chi connectivity index (χ2n) is 4.46. The summed E-state index contributed by atoms with van der Waals surface area (Å²) < 4.78 is 9.29. The number of nitrogens with zero attached hydrogens (tertiary/aromatic N) is 4. The van der Waals surface area contributed by atoms with E-state index in [-0.39, 0.29) is 17.3 Å². The Balaban J connectivity index is 2.17. The van der Waals surface area contributed by atoms with Gasteiger partial charge in [0.2, 0.25) is 5.89 Å². The lowest BCUT2D eigenvalue weighted by Crippen LogP contribution is -2.04. The first kappa shape index (κ1) is 13.4. The van der Waals surface area contributed by atoms with Crippen molar-refractivity contribution in [3.8, 4) is 23.0 Å². The summed E-state index contributed by atoms with van der Waals surface area (Å²) in [5.41, 5.74) is 2.47. The third-order valence-corrected chi connectivity index (χ3v) is 3.56. The summed E-state index contributed by atoms with van der Waals surface area (Å²) >= 11 is 1.17. The standard InChI is InChI=1S/C13H10N4O3S/c1-6-3-4-7(2)10(13(18)19)9(6)12-16-15-11(20-12)8-5-21-17-14-8/h3-5H,1-2H3,(H,18,19). The van der Waals surface area contributed by atoms with Gasteiger partial charge in [-0.3, -0.25) is 0 Å². The van der Waals surface area contributed by atoms with E-state index < -0.39 is 5.97 Å². The Morgan fingerprint density at radius 1 is 1.14 bits per heavy atom. The van der Waals surface area contributed by atoms with Crippen molar-refractivity contribution in [2.24, 2.45) is 0 Å². The van der Waals surface area contributed by atoms with Crippen LogP contribution in [0.3, 0.4) is 0 Å². The fourth-order valence-electron chi connectivity index (χ4n) is 2.05. The Morgan fingerprint density at radius 2 is 1.86 bits per heavy atom. The molecular weight excluding hydrogens is 292 g/mol. The van der Waals surface area contributed by atoms with Gasteiger partial charge < -0.3 is 9.52 Å². The van der Waals surface area contributed by atoms with Crippen molar-refractivity contribution in [3.05, 3.63) is 34.2 Å². The van der Waals surface area contributed by atoms with Crippen molar-refractivity contribution in [3.63, 3.8) is 0 Å². The molecule has 0 atom stereocenters. The first-order chi connectivity index (χ1) is 10.1. The van der Waals surface area contributed by atoms with Gasteiger partial charge in [0.25, 0.3) is 5.89 Å². The number of hydrogen-bond acceptors (Lipinski definition) is 7. The van der Waals surface area contributed by atoms with Gasteiger partial charge in [0.15, 0.2) is 5.69 Å². The summed E-state index contributed by atoms with van der Waals surface area (Å²) in [6.45, 7) is 3.53. The van der Waals surface area contributed by atoms with E-state index in [1.807, 2.05) is 6.07 Å². The predicted molar refractivity (Wildman–Crippen MR) is 75.1 cm³/mol. The molecule has 106 valence electrons. The lowest BCUT2D eigenvalue weighted by molar-refractivity contribution is 0.0696. The molecule has 1 N–H and O–H groups in total. The van der Waals surface area contributed by atoms with Crippen LogP contribution < -0.4 is 0 Å². The molecule has 3 aromatic rings. The quantitative estimate of drug-likeness (QED) is 0.793. The molecule has 0 saturated carbocycles. The predicted octanol–water partition coefficient (Wildman–Crippen LogP) is 2.57. The Hall–Kier alpha value is -2.61. The molecule has 7 nitrogen and oxygen atoms in total. The molecule has 0 amide bonds. The lowest BCUT2D eigenvalue weighted by atomic mass is 9.97. The highest BCUT2D eigenvalue weighted by Crippen LogP contribution is 2.30. The fourth-order valence-corrected chi connectivity index (χ4v) is 2.48. The number of aromatic carboxylic acids is 1. The molecule has 0 aliphatic carbocycles. The van der Waals surface area contributed by atoms with Gasteiger partial charge in [-0.05, 0) is 36.5 Å². The summed E-state index contributed by atoms with van der Waals surface area (Å²) in [5, 5.41) is 22.8. The number of carboxylic acids is 1. The van der Waals surface area contributed by atoms with Crippen LogP contribution in [0.15, 0.2) is 21.9 Å². The van der Waals surface area contributed by atoms with Gasteiger partial charge in [-0.25, -0.2) is 4.79 Å². The molecule has 3 rings (SSSR count). The highest BCUT2D eigenvalue weighted by Gasteiger charge is 2.22. The van der Waals surface area contributed by atoms with Crippen LogP contribution >= 0.6 is 11.5 Å². The van der Waals surface area contributed by atoms with Crippen molar-refractivity contribution in [1.82, 2.24) is 19.8 Å². The topological polar surface area (TPSA) is 102 Å². The minimum absolute atomic E-state index is 0.164. The van der Waals surface area contributed by atoms with Crippen LogP contribution in [-0.4, -0.2) is 30.9 Å². The molecule has 0 bridgehead atoms. The number of aryl methyl sites for hydroxylation is 2. The maximum Gasteiger partial charge on any atom is 0.336 e. The average Bonchev–Trinajstić information content (AvgIpc) is 3.10. The van der Waals surface area contributed by atoms with E-state index >= 15 is 0 Å².